The van der Waals surface area contributed by atoms with Crippen LogP contribution in [0.15, 0.2) is 29.4 Å². The molecular weight excluding hydrogens is 361 g/mol. The molecule has 1 aliphatic rings. The van der Waals surface area contributed by atoms with Crippen LogP contribution >= 0.6 is 11.6 Å². The fourth-order valence-corrected chi connectivity index (χ4v) is 2.55. The molecule has 2 amide bonds. The SMILES string of the molecule is Cc1nn(Cc2ccc(F)cc2)c(Cl)c1/C=N\NC(=O)C(=O)NC1CC1. The lowest BCUT2D eigenvalue weighted by Crippen LogP contribution is -2.38. The Morgan fingerprint density at radius 2 is 2.04 bits per heavy atom. The van der Waals surface area contributed by atoms with Crippen molar-refractivity contribution < 1.29 is 14.0 Å². The first-order valence-corrected chi connectivity index (χ1v) is 8.43. The molecule has 1 fully saturated rings. The van der Waals surface area contributed by atoms with Gasteiger partial charge in [-0.15, -0.1) is 0 Å². The molecule has 0 atom stereocenters. The van der Waals surface area contributed by atoms with Crippen LogP contribution in [0.1, 0.15) is 29.7 Å². The highest BCUT2D eigenvalue weighted by atomic mass is 35.5. The zero-order valence-electron chi connectivity index (χ0n) is 14.0. The molecule has 2 N–H and O–H groups in total. The van der Waals surface area contributed by atoms with Crippen LogP contribution < -0.4 is 10.7 Å². The van der Waals surface area contributed by atoms with Gasteiger partial charge in [0.25, 0.3) is 0 Å². The van der Waals surface area contributed by atoms with Gasteiger partial charge in [0.15, 0.2) is 0 Å². The van der Waals surface area contributed by atoms with Gasteiger partial charge in [0, 0.05) is 6.04 Å². The molecule has 1 saturated carbocycles. The van der Waals surface area contributed by atoms with Crippen molar-refractivity contribution in [3.63, 3.8) is 0 Å². The van der Waals surface area contributed by atoms with Gasteiger partial charge in [-0.3, -0.25) is 9.59 Å². The quantitative estimate of drug-likeness (QED) is 0.473. The Balaban J connectivity index is 1.64. The van der Waals surface area contributed by atoms with Crippen LogP contribution in [0.25, 0.3) is 0 Å². The van der Waals surface area contributed by atoms with E-state index in [2.05, 4.69) is 20.9 Å². The number of nitrogens with one attached hydrogen (secondary N) is 2. The van der Waals surface area contributed by atoms with Crippen molar-refractivity contribution >= 4 is 29.6 Å². The van der Waals surface area contributed by atoms with Crippen molar-refractivity contribution in [1.29, 1.82) is 0 Å². The Kier molecular flexibility index (Phi) is 5.32. The number of carbonyl (C=O) groups excluding carboxylic acids is 2. The first-order chi connectivity index (χ1) is 12.4. The summed E-state index contributed by atoms with van der Waals surface area (Å²) in [6.45, 7) is 2.11. The van der Waals surface area contributed by atoms with Crippen LogP contribution in [0.2, 0.25) is 5.15 Å². The van der Waals surface area contributed by atoms with Gasteiger partial charge in [-0.05, 0) is 37.5 Å². The van der Waals surface area contributed by atoms with Gasteiger partial charge >= 0.3 is 11.8 Å². The first kappa shape index (κ1) is 18.1. The number of rotatable bonds is 5. The average Bonchev–Trinajstić information content (AvgIpc) is 3.38. The average molecular weight is 378 g/mol. The summed E-state index contributed by atoms with van der Waals surface area (Å²) in [4.78, 5) is 23.2. The maximum absolute atomic E-state index is 13.0. The third-order valence-corrected chi connectivity index (χ3v) is 4.23. The van der Waals surface area contributed by atoms with Crippen molar-refractivity contribution in [2.45, 2.75) is 32.4 Å². The Morgan fingerprint density at radius 3 is 2.69 bits per heavy atom. The number of aromatic nitrogens is 2. The van der Waals surface area contributed by atoms with E-state index >= 15 is 0 Å². The van der Waals surface area contributed by atoms with Crippen molar-refractivity contribution in [3.05, 3.63) is 52.1 Å². The monoisotopic (exact) mass is 377 g/mol. The van der Waals surface area contributed by atoms with Gasteiger partial charge in [-0.1, -0.05) is 23.7 Å². The van der Waals surface area contributed by atoms with Crippen LogP contribution in [-0.2, 0) is 16.1 Å². The van der Waals surface area contributed by atoms with Crippen LogP contribution in [0.4, 0.5) is 4.39 Å². The molecule has 1 aliphatic carbocycles. The number of hydrazone groups is 1. The molecule has 9 heteroatoms. The Morgan fingerprint density at radius 1 is 1.35 bits per heavy atom. The molecule has 136 valence electrons. The largest absolute Gasteiger partial charge is 0.345 e. The number of nitrogens with zero attached hydrogens (tertiary/aromatic N) is 3. The van der Waals surface area contributed by atoms with Gasteiger partial charge in [0.1, 0.15) is 11.0 Å². The number of amides is 2. The highest BCUT2D eigenvalue weighted by molar-refractivity contribution is 6.35. The molecule has 0 unspecified atom stereocenters. The molecule has 0 spiro atoms. The minimum atomic E-state index is -0.833. The predicted molar refractivity (Wildman–Crippen MR) is 94.4 cm³/mol. The maximum Gasteiger partial charge on any atom is 0.329 e. The standard InChI is InChI=1S/C17H17ClFN5O2/c1-10-14(8-20-22-17(26)16(25)21-13-6-7-13)15(18)24(23-10)9-11-2-4-12(19)5-3-11/h2-5,8,13H,6-7,9H2,1H3,(H,21,25)(H,22,26)/b20-8-. The van der Waals surface area contributed by atoms with E-state index in [-0.39, 0.29) is 11.9 Å². The van der Waals surface area contributed by atoms with E-state index < -0.39 is 11.8 Å². The van der Waals surface area contributed by atoms with E-state index in [0.29, 0.717) is 23.0 Å². The van der Waals surface area contributed by atoms with Crippen LogP contribution in [-0.4, -0.2) is 33.9 Å². The number of hydrogen-bond donors (Lipinski definition) is 2. The second-order valence-electron chi connectivity index (χ2n) is 6.02. The van der Waals surface area contributed by atoms with E-state index in [9.17, 15) is 14.0 Å². The van der Waals surface area contributed by atoms with Gasteiger partial charge in [0.05, 0.1) is 24.0 Å². The molecular formula is C17H17ClFN5O2. The molecule has 26 heavy (non-hydrogen) atoms. The second-order valence-corrected chi connectivity index (χ2v) is 6.38. The summed E-state index contributed by atoms with van der Waals surface area (Å²) in [5.41, 5.74) is 4.14. The van der Waals surface area contributed by atoms with Crippen LogP contribution in [0.5, 0.6) is 0 Å². The summed E-state index contributed by atoms with van der Waals surface area (Å²) in [5, 5.41) is 11.0. The molecule has 0 saturated heterocycles. The third kappa shape index (κ3) is 4.45. The second kappa shape index (κ2) is 7.65. The Bertz CT molecular complexity index is 859. The van der Waals surface area contributed by atoms with E-state index in [0.717, 1.165) is 18.4 Å². The van der Waals surface area contributed by atoms with Crippen molar-refractivity contribution in [1.82, 2.24) is 20.5 Å². The summed E-state index contributed by atoms with van der Waals surface area (Å²) in [6.07, 6.45) is 3.13. The number of hydrogen-bond acceptors (Lipinski definition) is 4. The summed E-state index contributed by atoms with van der Waals surface area (Å²) in [5.74, 6) is -1.86. The molecule has 2 aromatic rings. The molecule has 0 aliphatic heterocycles. The van der Waals surface area contributed by atoms with E-state index in [1.807, 2.05) is 0 Å². The molecule has 1 aromatic heterocycles. The lowest BCUT2D eigenvalue weighted by atomic mass is 10.2. The van der Waals surface area contributed by atoms with Gasteiger partial charge in [-0.25, -0.2) is 14.5 Å². The molecule has 7 nitrogen and oxygen atoms in total. The summed E-state index contributed by atoms with van der Waals surface area (Å²) >= 11 is 6.31. The summed E-state index contributed by atoms with van der Waals surface area (Å²) in [6, 6.07) is 6.12. The number of carbonyl (C=O) groups is 2. The summed E-state index contributed by atoms with van der Waals surface area (Å²) < 4.78 is 14.5. The van der Waals surface area contributed by atoms with Gasteiger partial charge < -0.3 is 5.32 Å². The minimum absolute atomic E-state index is 0.0959. The lowest BCUT2D eigenvalue weighted by Gasteiger charge is -2.03. The Hall–Kier alpha value is -2.74. The van der Waals surface area contributed by atoms with Gasteiger partial charge in [-0.2, -0.15) is 10.2 Å². The number of aryl methyl sites for hydroxylation is 1. The van der Waals surface area contributed by atoms with E-state index in [4.69, 9.17) is 11.6 Å². The minimum Gasteiger partial charge on any atom is -0.345 e. The summed E-state index contributed by atoms with van der Waals surface area (Å²) in [7, 11) is 0. The van der Waals surface area contributed by atoms with Crippen molar-refractivity contribution in [2.75, 3.05) is 0 Å². The van der Waals surface area contributed by atoms with Gasteiger partial charge in [0.2, 0.25) is 0 Å². The van der Waals surface area contributed by atoms with Crippen LogP contribution in [0, 0.1) is 12.7 Å². The smallest absolute Gasteiger partial charge is 0.329 e. The van der Waals surface area contributed by atoms with Crippen LogP contribution in [0.3, 0.4) is 0 Å². The fourth-order valence-electron chi connectivity index (χ4n) is 2.27. The van der Waals surface area contributed by atoms with E-state index in [1.54, 1.807) is 23.7 Å². The molecule has 3 rings (SSSR count). The highest BCUT2D eigenvalue weighted by Gasteiger charge is 2.26. The molecule has 0 bridgehead atoms. The van der Waals surface area contributed by atoms with E-state index in [1.165, 1.54) is 18.3 Å². The molecule has 1 aromatic carbocycles. The highest BCUT2D eigenvalue weighted by Crippen LogP contribution is 2.19. The van der Waals surface area contributed by atoms with Crippen molar-refractivity contribution in [3.8, 4) is 0 Å². The maximum atomic E-state index is 13.0. The molecule has 1 heterocycles. The first-order valence-electron chi connectivity index (χ1n) is 8.05. The lowest BCUT2D eigenvalue weighted by molar-refractivity contribution is -0.139. The Labute approximate surface area is 154 Å². The topological polar surface area (TPSA) is 88.4 Å². The zero-order valence-corrected chi connectivity index (χ0v) is 14.8. The normalized spacial score (nSPS) is 13.8. The third-order valence-electron chi connectivity index (χ3n) is 3.83. The molecule has 0 radical (unpaired) electrons. The zero-order chi connectivity index (χ0) is 18.7. The fraction of sp³-hybridized carbons (Fsp3) is 0.294. The number of benzene rings is 1. The number of halogens is 2. The van der Waals surface area contributed by atoms with Crippen molar-refractivity contribution in [2.24, 2.45) is 5.10 Å². The predicted octanol–water partition coefficient (Wildman–Crippen LogP) is 1.76.